The lowest BCUT2D eigenvalue weighted by Crippen LogP contribution is -2.05. The van der Waals surface area contributed by atoms with Gasteiger partial charge >= 0.3 is 0 Å². The van der Waals surface area contributed by atoms with E-state index in [4.69, 9.17) is 10.5 Å². The number of aryl methyl sites for hydroxylation is 1. The quantitative estimate of drug-likeness (QED) is 0.948. The number of hydrogen-bond donors (Lipinski definition) is 1. The van der Waals surface area contributed by atoms with Crippen molar-refractivity contribution in [2.75, 3.05) is 7.11 Å². The van der Waals surface area contributed by atoms with E-state index in [-0.39, 0.29) is 0 Å². The minimum absolute atomic E-state index is 0.443. The Morgan fingerprint density at radius 2 is 2.17 bits per heavy atom. The summed E-state index contributed by atoms with van der Waals surface area (Å²) in [6.45, 7) is 2.49. The van der Waals surface area contributed by atoms with Gasteiger partial charge in [0.05, 0.1) is 18.4 Å². The van der Waals surface area contributed by atoms with Gasteiger partial charge in [0, 0.05) is 13.6 Å². The summed E-state index contributed by atoms with van der Waals surface area (Å²) in [6, 6.07) is 6.04. The van der Waals surface area contributed by atoms with Gasteiger partial charge in [0.2, 0.25) is 0 Å². The van der Waals surface area contributed by atoms with E-state index in [2.05, 4.69) is 27.0 Å². The molecule has 0 aliphatic rings. The number of imidazole rings is 1. The summed E-state index contributed by atoms with van der Waals surface area (Å²) < 4.78 is 8.16. The van der Waals surface area contributed by atoms with Gasteiger partial charge in [-0.25, -0.2) is 4.98 Å². The zero-order valence-corrected chi connectivity index (χ0v) is 12.3. The molecule has 2 N–H and O–H groups in total. The Kier molecular flexibility index (Phi) is 3.73. The fourth-order valence-corrected chi connectivity index (χ4v) is 2.55. The first-order valence-corrected chi connectivity index (χ1v) is 6.44. The average molecular weight is 310 g/mol. The predicted molar refractivity (Wildman–Crippen MR) is 75.5 cm³/mol. The van der Waals surface area contributed by atoms with Crippen LogP contribution in [0.2, 0.25) is 0 Å². The molecular weight excluding hydrogens is 294 g/mol. The van der Waals surface area contributed by atoms with Crippen LogP contribution >= 0.6 is 15.9 Å². The molecule has 0 radical (unpaired) electrons. The standard InChI is InChI=1S/C13H16BrN3O/c1-8-4-5-11(18-3)9(6-8)13-16-12(14)10(7-15)17(13)2/h4-6H,7,15H2,1-3H3. The normalized spacial score (nSPS) is 10.7. The van der Waals surface area contributed by atoms with Gasteiger partial charge in [0.1, 0.15) is 16.2 Å². The lowest BCUT2D eigenvalue weighted by Gasteiger charge is -2.10. The zero-order chi connectivity index (χ0) is 13.3. The Bertz CT molecular complexity index is 578. The molecule has 1 heterocycles. The third-order valence-corrected chi connectivity index (χ3v) is 3.59. The van der Waals surface area contributed by atoms with Crippen LogP contribution < -0.4 is 10.5 Å². The molecule has 0 amide bonds. The van der Waals surface area contributed by atoms with Gasteiger partial charge in [0.15, 0.2) is 0 Å². The molecule has 1 aromatic heterocycles. The van der Waals surface area contributed by atoms with Crippen molar-refractivity contribution in [1.29, 1.82) is 0 Å². The van der Waals surface area contributed by atoms with E-state index in [0.717, 1.165) is 27.4 Å². The first-order valence-electron chi connectivity index (χ1n) is 5.64. The van der Waals surface area contributed by atoms with Gasteiger partial charge in [-0.05, 0) is 35.0 Å². The second-order valence-electron chi connectivity index (χ2n) is 4.14. The molecule has 2 rings (SSSR count). The number of nitrogens with zero attached hydrogens (tertiary/aromatic N) is 2. The number of halogens is 1. The second-order valence-corrected chi connectivity index (χ2v) is 4.89. The van der Waals surface area contributed by atoms with Gasteiger partial charge in [-0.3, -0.25) is 0 Å². The van der Waals surface area contributed by atoms with Crippen LogP contribution in [-0.2, 0) is 13.6 Å². The Morgan fingerprint density at radius 3 is 2.72 bits per heavy atom. The van der Waals surface area contributed by atoms with Gasteiger partial charge in [-0.1, -0.05) is 11.6 Å². The van der Waals surface area contributed by atoms with E-state index in [1.165, 1.54) is 5.56 Å². The highest BCUT2D eigenvalue weighted by molar-refractivity contribution is 9.10. The minimum atomic E-state index is 0.443. The van der Waals surface area contributed by atoms with E-state index in [1.807, 2.05) is 30.7 Å². The molecule has 0 spiro atoms. The van der Waals surface area contributed by atoms with Crippen LogP contribution in [0.3, 0.4) is 0 Å². The Labute approximate surface area is 115 Å². The van der Waals surface area contributed by atoms with Crippen LogP contribution in [0.25, 0.3) is 11.4 Å². The van der Waals surface area contributed by atoms with Crippen molar-refractivity contribution in [2.24, 2.45) is 12.8 Å². The number of ether oxygens (including phenoxy) is 1. The van der Waals surface area contributed by atoms with E-state index in [9.17, 15) is 0 Å². The van der Waals surface area contributed by atoms with E-state index < -0.39 is 0 Å². The number of methoxy groups -OCH3 is 1. The van der Waals surface area contributed by atoms with Gasteiger partial charge in [0.25, 0.3) is 0 Å². The third kappa shape index (κ3) is 2.15. The summed E-state index contributed by atoms with van der Waals surface area (Å²) in [6.07, 6.45) is 0. The molecule has 0 aliphatic carbocycles. The number of aromatic nitrogens is 2. The lowest BCUT2D eigenvalue weighted by atomic mass is 10.1. The Morgan fingerprint density at radius 1 is 1.44 bits per heavy atom. The van der Waals surface area contributed by atoms with Crippen molar-refractivity contribution < 1.29 is 4.74 Å². The fourth-order valence-electron chi connectivity index (χ4n) is 1.96. The number of hydrogen-bond acceptors (Lipinski definition) is 3. The summed E-state index contributed by atoms with van der Waals surface area (Å²) in [5.41, 5.74) is 8.83. The minimum Gasteiger partial charge on any atom is -0.496 e. The van der Waals surface area contributed by atoms with E-state index in [1.54, 1.807) is 7.11 Å². The van der Waals surface area contributed by atoms with Gasteiger partial charge in [-0.15, -0.1) is 0 Å². The zero-order valence-electron chi connectivity index (χ0n) is 10.7. The summed E-state index contributed by atoms with van der Waals surface area (Å²) in [5.74, 6) is 1.66. The first-order chi connectivity index (χ1) is 8.58. The highest BCUT2D eigenvalue weighted by atomic mass is 79.9. The maximum Gasteiger partial charge on any atom is 0.145 e. The Balaban J connectivity index is 2.65. The smallest absolute Gasteiger partial charge is 0.145 e. The molecule has 96 valence electrons. The highest BCUT2D eigenvalue weighted by Crippen LogP contribution is 2.32. The van der Waals surface area contributed by atoms with Crippen molar-refractivity contribution in [3.8, 4) is 17.1 Å². The molecule has 0 atom stereocenters. The molecule has 0 saturated carbocycles. The molecule has 0 bridgehead atoms. The van der Waals surface area contributed by atoms with Gasteiger partial charge in [-0.2, -0.15) is 0 Å². The van der Waals surface area contributed by atoms with Crippen LogP contribution in [0.1, 0.15) is 11.3 Å². The fraction of sp³-hybridized carbons (Fsp3) is 0.308. The van der Waals surface area contributed by atoms with E-state index in [0.29, 0.717) is 6.54 Å². The van der Waals surface area contributed by atoms with Crippen molar-refractivity contribution in [1.82, 2.24) is 9.55 Å². The molecule has 1 aromatic carbocycles. The second kappa shape index (κ2) is 5.12. The molecule has 0 saturated heterocycles. The monoisotopic (exact) mass is 309 g/mol. The van der Waals surface area contributed by atoms with Crippen LogP contribution in [0.4, 0.5) is 0 Å². The SMILES string of the molecule is COc1ccc(C)cc1-c1nc(Br)c(CN)n1C. The molecule has 0 unspecified atom stereocenters. The number of benzene rings is 1. The Hall–Kier alpha value is -1.33. The molecular formula is C13H16BrN3O. The first kappa shape index (κ1) is 13.1. The average Bonchev–Trinajstić information content (AvgIpc) is 2.64. The molecule has 4 nitrogen and oxygen atoms in total. The number of nitrogens with two attached hydrogens (primary N) is 1. The van der Waals surface area contributed by atoms with Crippen molar-refractivity contribution >= 4 is 15.9 Å². The topological polar surface area (TPSA) is 53.1 Å². The third-order valence-electron chi connectivity index (χ3n) is 2.95. The molecule has 0 aliphatic heterocycles. The molecule has 0 fully saturated rings. The largest absolute Gasteiger partial charge is 0.496 e. The van der Waals surface area contributed by atoms with Gasteiger partial charge < -0.3 is 15.0 Å². The molecule has 5 heteroatoms. The molecule has 18 heavy (non-hydrogen) atoms. The summed E-state index contributed by atoms with van der Waals surface area (Å²) >= 11 is 3.44. The maximum absolute atomic E-state index is 5.72. The number of rotatable bonds is 3. The van der Waals surface area contributed by atoms with Crippen LogP contribution in [0.15, 0.2) is 22.8 Å². The van der Waals surface area contributed by atoms with E-state index >= 15 is 0 Å². The summed E-state index contributed by atoms with van der Waals surface area (Å²) in [7, 11) is 3.62. The molecule has 2 aromatic rings. The maximum atomic E-state index is 5.72. The van der Waals surface area contributed by atoms with Crippen molar-refractivity contribution in [2.45, 2.75) is 13.5 Å². The van der Waals surface area contributed by atoms with Crippen LogP contribution in [0.5, 0.6) is 5.75 Å². The van der Waals surface area contributed by atoms with Crippen molar-refractivity contribution in [3.63, 3.8) is 0 Å². The summed E-state index contributed by atoms with van der Waals surface area (Å²) in [4.78, 5) is 4.52. The lowest BCUT2D eigenvalue weighted by molar-refractivity contribution is 0.416. The highest BCUT2D eigenvalue weighted by Gasteiger charge is 2.16. The van der Waals surface area contributed by atoms with Crippen LogP contribution in [-0.4, -0.2) is 16.7 Å². The predicted octanol–water partition coefficient (Wildman–Crippen LogP) is 2.63. The van der Waals surface area contributed by atoms with Crippen LogP contribution in [0, 0.1) is 6.92 Å². The summed E-state index contributed by atoms with van der Waals surface area (Å²) in [5, 5.41) is 0. The van der Waals surface area contributed by atoms with Crippen molar-refractivity contribution in [3.05, 3.63) is 34.1 Å².